The van der Waals surface area contributed by atoms with Gasteiger partial charge in [0.15, 0.2) is 0 Å². The van der Waals surface area contributed by atoms with E-state index in [2.05, 4.69) is 20.8 Å². The third kappa shape index (κ3) is 2.70. The monoisotopic (exact) mass is 240 g/mol. The smallest absolute Gasteiger partial charge is 0.0459 e. The first-order valence-electron chi connectivity index (χ1n) is 7.70. The lowest BCUT2D eigenvalue weighted by molar-refractivity contribution is 0.0229. The summed E-state index contributed by atoms with van der Waals surface area (Å²) in [6, 6.07) is 0. The molecule has 0 aromatic rings. The van der Waals surface area contributed by atoms with Crippen LogP contribution in [0.2, 0.25) is 0 Å². The SMILES string of the molecule is CC.C[C@@H](CO)C1CCC2[C@@H](C)CCC[C@]12C. The first kappa shape index (κ1) is 15.0. The maximum absolute atomic E-state index is 9.37. The van der Waals surface area contributed by atoms with E-state index in [1.165, 1.54) is 32.1 Å². The van der Waals surface area contributed by atoms with Gasteiger partial charge in [-0.3, -0.25) is 0 Å². The van der Waals surface area contributed by atoms with E-state index in [9.17, 15) is 5.11 Å². The van der Waals surface area contributed by atoms with Crippen LogP contribution in [0.1, 0.15) is 66.7 Å². The maximum Gasteiger partial charge on any atom is 0.0459 e. The Hall–Kier alpha value is -0.0400. The topological polar surface area (TPSA) is 20.2 Å². The highest BCUT2D eigenvalue weighted by Gasteiger charge is 2.51. The maximum atomic E-state index is 9.37. The van der Waals surface area contributed by atoms with Crippen LogP contribution < -0.4 is 0 Å². The molecular formula is C16H32O. The van der Waals surface area contributed by atoms with Crippen LogP contribution in [0.5, 0.6) is 0 Å². The molecule has 17 heavy (non-hydrogen) atoms. The molecule has 2 saturated carbocycles. The summed E-state index contributed by atoms with van der Waals surface area (Å²) >= 11 is 0. The molecule has 0 aromatic carbocycles. The van der Waals surface area contributed by atoms with E-state index in [1.54, 1.807) is 0 Å². The van der Waals surface area contributed by atoms with Crippen LogP contribution in [0.3, 0.4) is 0 Å². The van der Waals surface area contributed by atoms with E-state index in [1.807, 2.05) is 13.8 Å². The fraction of sp³-hybridized carbons (Fsp3) is 1.00. The molecule has 0 amide bonds. The van der Waals surface area contributed by atoms with E-state index < -0.39 is 0 Å². The summed E-state index contributed by atoms with van der Waals surface area (Å²) in [5, 5.41) is 9.37. The molecule has 0 spiro atoms. The minimum absolute atomic E-state index is 0.376. The Balaban J connectivity index is 0.000000686. The molecule has 1 nitrogen and oxygen atoms in total. The molecule has 1 N–H and O–H groups in total. The van der Waals surface area contributed by atoms with Gasteiger partial charge in [-0.15, -0.1) is 0 Å². The summed E-state index contributed by atoms with van der Waals surface area (Å²) in [4.78, 5) is 0. The molecular weight excluding hydrogens is 208 g/mol. The van der Waals surface area contributed by atoms with Gasteiger partial charge in [-0.2, -0.15) is 0 Å². The zero-order valence-electron chi connectivity index (χ0n) is 12.5. The van der Waals surface area contributed by atoms with Crippen LogP contribution >= 0.6 is 0 Å². The van der Waals surface area contributed by atoms with Gasteiger partial charge in [-0.05, 0) is 48.3 Å². The molecule has 5 atom stereocenters. The number of hydrogen-bond donors (Lipinski definition) is 1. The van der Waals surface area contributed by atoms with Crippen LogP contribution in [-0.2, 0) is 0 Å². The summed E-state index contributed by atoms with van der Waals surface area (Å²) in [5.41, 5.74) is 0.541. The summed E-state index contributed by atoms with van der Waals surface area (Å²) in [7, 11) is 0. The highest BCUT2D eigenvalue weighted by Crippen LogP contribution is 2.59. The van der Waals surface area contributed by atoms with Gasteiger partial charge in [-0.25, -0.2) is 0 Å². The first-order chi connectivity index (χ1) is 8.09. The second-order valence-corrected chi connectivity index (χ2v) is 6.33. The molecule has 0 heterocycles. The second-order valence-electron chi connectivity index (χ2n) is 6.33. The Morgan fingerprint density at radius 2 is 1.88 bits per heavy atom. The van der Waals surface area contributed by atoms with Crippen molar-refractivity contribution in [3.63, 3.8) is 0 Å². The lowest BCUT2D eigenvalue weighted by atomic mass is 9.60. The predicted molar refractivity (Wildman–Crippen MR) is 74.9 cm³/mol. The number of hydrogen-bond acceptors (Lipinski definition) is 1. The van der Waals surface area contributed by atoms with Crippen molar-refractivity contribution >= 4 is 0 Å². The fourth-order valence-corrected chi connectivity index (χ4v) is 4.67. The molecule has 2 rings (SSSR count). The highest BCUT2D eigenvalue weighted by atomic mass is 16.3. The molecule has 0 bridgehead atoms. The minimum Gasteiger partial charge on any atom is -0.396 e. The Morgan fingerprint density at radius 1 is 1.24 bits per heavy atom. The molecule has 0 aromatic heterocycles. The quantitative estimate of drug-likeness (QED) is 0.754. The van der Waals surface area contributed by atoms with Gasteiger partial charge in [0.25, 0.3) is 0 Å². The molecule has 2 unspecified atom stereocenters. The normalized spacial score (nSPS) is 42.4. The van der Waals surface area contributed by atoms with E-state index >= 15 is 0 Å². The number of fused-ring (bicyclic) bond motifs is 1. The third-order valence-electron chi connectivity index (χ3n) is 5.52. The summed E-state index contributed by atoms with van der Waals surface area (Å²) < 4.78 is 0. The van der Waals surface area contributed by atoms with Crippen molar-refractivity contribution in [2.45, 2.75) is 66.7 Å². The second kappa shape index (κ2) is 6.22. The van der Waals surface area contributed by atoms with Gasteiger partial charge in [0.05, 0.1) is 0 Å². The summed E-state index contributed by atoms with van der Waals surface area (Å²) in [6.07, 6.45) is 7.00. The van der Waals surface area contributed by atoms with Gasteiger partial charge >= 0.3 is 0 Å². The summed E-state index contributed by atoms with van der Waals surface area (Å²) in [6.45, 7) is 11.5. The fourth-order valence-electron chi connectivity index (χ4n) is 4.67. The Labute approximate surface area is 108 Å². The molecule has 102 valence electrons. The first-order valence-corrected chi connectivity index (χ1v) is 7.70. The van der Waals surface area contributed by atoms with Gasteiger partial charge in [0, 0.05) is 6.61 Å². The molecule has 2 aliphatic carbocycles. The van der Waals surface area contributed by atoms with Crippen molar-refractivity contribution in [1.29, 1.82) is 0 Å². The van der Waals surface area contributed by atoms with Gasteiger partial charge in [0.2, 0.25) is 0 Å². The Kier molecular flexibility index (Phi) is 5.50. The average molecular weight is 240 g/mol. The number of rotatable bonds is 2. The van der Waals surface area contributed by atoms with Crippen LogP contribution in [0, 0.1) is 29.1 Å². The zero-order chi connectivity index (χ0) is 13.1. The Morgan fingerprint density at radius 3 is 2.47 bits per heavy atom. The zero-order valence-corrected chi connectivity index (χ0v) is 12.5. The van der Waals surface area contributed by atoms with Crippen molar-refractivity contribution in [1.82, 2.24) is 0 Å². The molecule has 1 heteroatoms. The van der Waals surface area contributed by atoms with E-state index in [0.29, 0.717) is 17.9 Å². The highest BCUT2D eigenvalue weighted by molar-refractivity contribution is 5.00. The van der Waals surface area contributed by atoms with E-state index in [0.717, 1.165) is 17.8 Å². The van der Waals surface area contributed by atoms with E-state index in [4.69, 9.17) is 0 Å². The molecule has 0 aliphatic heterocycles. The lowest BCUT2D eigenvalue weighted by Crippen LogP contribution is -2.38. The van der Waals surface area contributed by atoms with Crippen LogP contribution in [0.4, 0.5) is 0 Å². The van der Waals surface area contributed by atoms with Crippen molar-refractivity contribution in [2.24, 2.45) is 29.1 Å². The van der Waals surface area contributed by atoms with Gasteiger partial charge in [-0.1, -0.05) is 47.5 Å². The molecule has 0 radical (unpaired) electrons. The molecule has 0 saturated heterocycles. The van der Waals surface area contributed by atoms with Crippen molar-refractivity contribution in [3.8, 4) is 0 Å². The minimum atomic E-state index is 0.376. The van der Waals surface area contributed by atoms with Crippen LogP contribution in [-0.4, -0.2) is 11.7 Å². The van der Waals surface area contributed by atoms with Crippen LogP contribution in [0.25, 0.3) is 0 Å². The standard InChI is InChI=1S/C14H26O.C2H6/c1-10-5-4-8-14(3)12(10)6-7-13(14)11(2)9-15;1-2/h10-13,15H,4-9H2,1-3H3;1-2H3/t10-,11-,12?,13?,14-;/m0./s1. The summed E-state index contributed by atoms with van der Waals surface area (Å²) in [5.74, 6) is 3.13. The number of aliphatic hydroxyl groups excluding tert-OH is 1. The van der Waals surface area contributed by atoms with Gasteiger partial charge in [0.1, 0.15) is 0 Å². The predicted octanol–water partition coefficient (Wildman–Crippen LogP) is 4.49. The molecule has 2 aliphatic rings. The Bertz CT molecular complexity index is 226. The number of aliphatic hydroxyl groups is 1. The lowest BCUT2D eigenvalue weighted by Gasteiger charge is -2.45. The van der Waals surface area contributed by atoms with E-state index in [-0.39, 0.29) is 0 Å². The van der Waals surface area contributed by atoms with Crippen molar-refractivity contribution < 1.29 is 5.11 Å². The average Bonchev–Trinajstić information content (AvgIpc) is 2.69. The van der Waals surface area contributed by atoms with Gasteiger partial charge < -0.3 is 5.11 Å². The van der Waals surface area contributed by atoms with Crippen LogP contribution in [0.15, 0.2) is 0 Å². The molecule has 2 fully saturated rings. The van der Waals surface area contributed by atoms with Crippen molar-refractivity contribution in [2.75, 3.05) is 6.61 Å². The largest absolute Gasteiger partial charge is 0.396 e. The third-order valence-corrected chi connectivity index (χ3v) is 5.52. The van der Waals surface area contributed by atoms with Crippen molar-refractivity contribution in [3.05, 3.63) is 0 Å².